The highest BCUT2D eigenvalue weighted by Crippen LogP contribution is 2.55. The van der Waals surface area contributed by atoms with Gasteiger partial charge in [0.1, 0.15) is 0 Å². The lowest BCUT2D eigenvalue weighted by Crippen LogP contribution is -2.35. The third-order valence-electron chi connectivity index (χ3n) is 11.1. The number of aryl methyl sites for hydroxylation is 2. The van der Waals surface area contributed by atoms with Gasteiger partial charge in [0.2, 0.25) is 0 Å². The van der Waals surface area contributed by atoms with Gasteiger partial charge in [-0.3, -0.25) is 0 Å². The maximum atomic E-state index is 2.56. The molecule has 3 heterocycles. The molecule has 49 heavy (non-hydrogen) atoms. The first-order valence-electron chi connectivity index (χ1n) is 18.7. The van der Waals surface area contributed by atoms with Crippen molar-refractivity contribution in [3.63, 3.8) is 0 Å². The van der Waals surface area contributed by atoms with Crippen molar-refractivity contribution in [1.82, 2.24) is 0 Å². The van der Waals surface area contributed by atoms with Gasteiger partial charge in [0.25, 0.3) is 0 Å². The molecule has 0 saturated heterocycles. The normalized spacial score (nSPS) is 14.9. The predicted molar refractivity (Wildman–Crippen MR) is 217 cm³/mol. The van der Waals surface area contributed by atoms with Gasteiger partial charge in [-0.05, 0) is 112 Å². The second kappa shape index (κ2) is 13.8. The summed E-state index contributed by atoms with van der Waals surface area (Å²) in [6, 6.07) is 38.0. The molecule has 0 aliphatic carbocycles. The zero-order chi connectivity index (χ0) is 33.5. The summed E-state index contributed by atoms with van der Waals surface area (Å²) in [4.78, 5) is 5.40. The summed E-state index contributed by atoms with van der Waals surface area (Å²) < 4.78 is 0. The summed E-state index contributed by atoms with van der Waals surface area (Å²) >= 11 is 4.12. The first-order chi connectivity index (χ1) is 24.0. The predicted octanol–water partition coefficient (Wildman–Crippen LogP) is 13.3. The molecule has 0 bridgehead atoms. The Morgan fingerprint density at radius 1 is 0.551 bits per heavy atom. The monoisotopic (exact) mass is 677 g/mol. The smallest absolute Gasteiger partial charge is 0.310 e. The van der Waals surface area contributed by atoms with Crippen LogP contribution in [0.2, 0.25) is 0 Å². The summed E-state index contributed by atoms with van der Waals surface area (Å²) in [6.45, 7) is 9.37. The highest BCUT2D eigenvalue weighted by Gasteiger charge is 2.40. The van der Waals surface area contributed by atoms with E-state index in [0.29, 0.717) is 5.27 Å². The van der Waals surface area contributed by atoms with E-state index in [9.17, 15) is 0 Å². The Labute approximate surface area is 303 Å². The van der Waals surface area contributed by atoms with Gasteiger partial charge in [-0.2, -0.15) is 23.2 Å². The van der Waals surface area contributed by atoms with Crippen LogP contribution in [0.15, 0.2) is 107 Å². The maximum absolute atomic E-state index is 2.56. The van der Waals surface area contributed by atoms with Crippen LogP contribution >= 0.6 is 23.2 Å². The Morgan fingerprint density at radius 2 is 1.04 bits per heavy atom. The molecule has 248 valence electrons. The van der Waals surface area contributed by atoms with Crippen LogP contribution in [0.4, 0.5) is 17.1 Å². The molecule has 0 atom stereocenters. The second-order valence-electron chi connectivity index (χ2n) is 14.8. The maximum Gasteiger partial charge on any atom is 0.318 e. The molecule has 1 nitrogen and oxygen atoms in total. The van der Waals surface area contributed by atoms with E-state index in [1.807, 2.05) is 0 Å². The van der Waals surface area contributed by atoms with Gasteiger partial charge < -0.3 is 4.90 Å². The van der Waals surface area contributed by atoms with E-state index in [-0.39, 0.29) is 5.41 Å². The lowest BCUT2D eigenvalue weighted by molar-refractivity contribution is 0.632. The number of nitrogens with zero attached hydrogens (tertiary/aromatic N) is 1. The molecule has 0 N–H and O–H groups in total. The van der Waals surface area contributed by atoms with E-state index < -0.39 is 0 Å². The first kappa shape index (κ1) is 32.8. The van der Waals surface area contributed by atoms with E-state index >= 15 is 0 Å². The Bertz CT molecular complexity index is 1880. The van der Waals surface area contributed by atoms with Crippen LogP contribution in [0.1, 0.15) is 101 Å². The molecule has 0 unspecified atom stereocenters. The fourth-order valence-electron chi connectivity index (χ4n) is 8.39. The Kier molecular flexibility index (Phi) is 9.22. The van der Waals surface area contributed by atoms with Crippen molar-refractivity contribution in [2.24, 2.45) is 0 Å². The third kappa shape index (κ3) is 5.97. The third-order valence-corrected chi connectivity index (χ3v) is 13.8. The standard InChI is InChI=1S/C45H48BNS2/c1-5-7-9-11-17-31-23-25-42-34(27-31)36-29-33(47-40-21-15-13-19-38(40)45(3,4)39-20-14-16-22-41(39)47)30-37-35-28-32(18-12-10-8-6-2)24-26-43(35)49-46(48-42)44(36)37/h13-16,19-30H,5-12,17-18H2,1-4H3. The summed E-state index contributed by atoms with van der Waals surface area (Å²) in [5.41, 5.74) is 16.7. The van der Waals surface area contributed by atoms with E-state index in [4.69, 9.17) is 0 Å². The Hall–Kier alpha value is -3.34. The summed E-state index contributed by atoms with van der Waals surface area (Å²) in [5.74, 6) is 0. The van der Waals surface area contributed by atoms with Crippen molar-refractivity contribution in [1.29, 1.82) is 0 Å². The van der Waals surface area contributed by atoms with Crippen molar-refractivity contribution < 1.29 is 0 Å². The van der Waals surface area contributed by atoms with Gasteiger partial charge in [0.15, 0.2) is 0 Å². The molecule has 3 aliphatic heterocycles. The molecule has 0 spiro atoms. The molecule has 5 aromatic rings. The van der Waals surface area contributed by atoms with Crippen LogP contribution < -0.4 is 10.4 Å². The van der Waals surface area contributed by atoms with Gasteiger partial charge in [0, 0.05) is 20.9 Å². The minimum atomic E-state index is -0.0803. The Balaban J connectivity index is 1.32. The number of anilines is 3. The van der Waals surface area contributed by atoms with Crippen LogP contribution in [-0.4, -0.2) is 5.27 Å². The highest BCUT2D eigenvalue weighted by atomic mass is 32.2. The first-order valence-corrected chi connectivity index (χ1v) is 20.5. The summed E-state index contributed by atoms with van der Waals surface area (Å²) in [7, 11) is 0. The SMILES string of the molecule is CCCCCCc1ccc2c(c1)-c1cc(N3c4ccccc4C(C)(C)c4ccccc43)cc3c1B(S2)Sc1ccc(CCCCCC)cc1-3. The molecule has 0 aromatic heterocycles. The lowest BCUT2D eigenvalue weighted by Gasteiger charge is -2.42. The molecule has 0 radical (unpaired) electrons. The van der Waals surface area contributed by atoms with Crippen molar-refractivity contribution in [2.75, 3.05) is 4.90 Å². The van der Waals surface area contributed by atoms with E-state index in [1.54, 1.807) is 0 Å². The van der Waals surface area contributed by atoms with Gasteiger partial charge >= 0.3 is 5.27 Å². The highest BCUT2D eigenvalue weighted by molar-refractivity contribution is 8.56. The molecule has 3 aliphatic rings. The number of rotatable bonds is 11. The quantitative estimate of drug-likeness (QED) is 0.101. The molecule has 5 aromatic carbocycles. The zero-order valence-corrected chi connectivity index (χ0v) is 31.3. The van der Waals surface area contributed by atoms with Gasteiger partial charge in [0.05, 0.1) is 11.4 Å². The topological polar surface area (TPSA) is 3.24 Å². The van der Waals surface area contributed by atoms with Crippen molar-refractivity contribution >= 4 is 51.0 Å². The van der Waals surface area contributed by atoms with Crippen LogP contribution in [0, 0.1) is 0 Å². The summed E-state index contributed by atoms with van der Waals surface area (Å²) in [6.07, 6.45) is 12.7. The van der Waals surface area contributed by atoms with Gasteiger partial charge in [-0.15, -0.1) is 0 Å². The fourth-order valence-corrected chi connectivity index (χ4v) is 11.3. The molecule has 0 saturated carbocycles. The van der Waals surface area contributed by atoms with Crippen molar-refractivity contribution in [3.8, 4) is 22.3 Å². The average Bonchev–Trinajstić information content (AvgIpc) is 3.12. The number of fused-ring (bicyclic) bond motifs is 6. The van der Waals surface area contributed by atoms with Gasteiger partial charge in [-0.1, -0.05) is 127 Å². The molecular formula is C45H48BNS2. The van der Waals surface area contributed by atoms with E-state index in [2.05, 4.69) is 153 Å². The molecule has 0 amide bonds. The fraction of sp³-hybridized carbons (Fsp3) is 0.333. The number of para-hydroxylation sites is 2. The van der Waals surface area contributed by atoms with Crippen LogP contribution in [0.5, 0.6) is 0 Å². The lowest BCUT2D eigenvalue weighted by atomic mass is 9.73. The van der Waals surface area contributed by atoms with E-state index in [0.717, 1.165) is 12.8 Å². The number of benzene rings is 5. The van der Waals surface area contributed by atoms with Crippen molar-refractivity contribution in [2.45, 2.75) is 107 Å². The van der Waals surface area contributed by atoms with Gasteiger partial charge in [-0.25, -0.2) is 0 Å². The number of unbranched alkanes of at least 4 members (excludes halogenated alkanes) is 6. The minimum Gasteiger partial charge on any atom is -0.310 e. The zero-order valence-electron chi connectivity index (χ0n) is 29.6. The van der Waals surface area contributed by atoms with Crippen LogP contribution in [-0.2, 0) is 18.3 Å². The van der Waals surface area contributed by atoms with E-state index in [1.165, 1.54) is 128 Å². The minimum absolute atomic E-state index is 0.0803. The second-order valence-corrected chi connectivity index (χ2v) is 17.4. The largest absolute Gasteiger partial charge is 0.318 e. The Morgan fingerprint density at radius 3 is 1.53 bits per heavy atom. The number of hydrogen-bond donors (Lipinski definition) is 0. The molecule has 8 rings (SSSR count). The number of hydrogen-bond acceptors (Lipinski definition) is 3. The molecular weight excluding hydrogens is 629 g/mol. The van der Waals surface area contributed by atoms with Crippen molar-refractivity contribution in [3.05, 3.63) is 119 Å². The molecule has 0 fully saturated rings. The van der Waals surface area contributed by atoms with Crippen LogP contribution in [0.3, 0.4) is 0 Å². The van der Waals surface area contributed by atoms with Crippen LogP contribution in [0.25, 0.3) is 22.3 Å². The average molecular weight is 678 g/mol. The molecule has 4 heteroatoms. The summed E-state index contributed by atoms with van der Waals surface area (Å²) in [5, 5.41) is 0.352.